The van der Waals surface area contributed by atoms with Crippen molar-refractivity contribution < 1.29 is 19.1 Å². The molecular weight excluding hydrogens is 406 g/mol. The Morgan fingerprint density at radius 1 is 1.12 bits per heavy atom. The molecule has 166 valence electrons. The Balaban J connectivity index is 1.70. The fourth-order valence-electron chi connectivity index (χ4n) is 5.39. The van der Waals surface area contributed by atoms with Crippen LogP contribution < -0.4 is 4.90 Å². The maximum absolute atomic E-state index is 13.8. The normalized spacial score (nSPS) is 26.5. The molecule has 0 N–H and O–H groups in total. The lowest BCUT2D eigenvalue weighted by atomic mass is 9.79. The lowest BCUT2D eigenvalue weighted by Gasteiger charge is -2.39. The summed E-state index contributed by atoms with van der Waals surface area (Å²) in [7, 11) is 1.54. The first-order valence-corrected chi connectivity index (χ1v) is 11.0. The number of Topliss-reactive ketones (excluding diaryl/α,β-unsaturated/α-hetero) is 1. The third kappa shape index (κ3) is 2.84. The third-order valence-corrected chi connectivity index (χ3v) is 6.86. The Bertz CT molecular complexity index is 1170. The lowest BCUT2D eigenvalue weighted by Crippen LogP contribution is -2.51. The Morgan fingerprint density at radius 3 is 2.59 bits per heavy atom. The van der Waals surface area contributed by atoms with Crippen molar-refractivity contribution in [1.29, 1.82) is 0 Å². The van der Waals surface area contributed by atoms with E-state index in [4.69, 9.17) is 4.74 Å². The molecule has 4 atom stereocenters. The van der Waals surface area contributed by atoms with Gasteiger partial charge < -0.3 is 9.64 Å². The predicted molar refractivity (Wildman–Crippen MR) is 121 cm³/mol. The van der Waals surface area contributed by atoms with Crippen LogP contribution in [0.5, 0.6) is 0 Å². The van der Waals surface area contributed by atoms with Gasteiger partial charge in [-0.3, -0.25) is 24.3 Å². The molecule has 3 aliphatic heterocycles. The summed E-state index contributed by atoms with van der Waals surface area (Å²) in [4.78, 5) is 48.6. The van der Waals surface area contributed by atoms with Crippen LogP contribution in [-0.2, 0) is 19.1 Å². The number of imide groups is 1. The first kappa shape index (κ1) is 20.8. The highest BCUT2D eigenvalue weighted by Crippen LogP contribution is 2.51. The summed E-state index contributed by atoms with van der Waals surface area (Å²) in [5.41, 5.74) is 1.88. The van der Waals surface area contributed by atoms with E-state index in [-0.39, 0.29) is 36.8 Å². The Labute approximate surface area is 187 Å². The van der Waals surface area contributed by atoms with E-state index in [1.807, 2.05) is 62.1 Å². The van der Waals surface area contributed by atoms with E-state index >= 15 is 0 Å². The SMILES string of the molecule is COCCN1C(=O)C2C(C1=O)C(C(=O)C(C)(C)C)N1c3c(ccc4cccnc34)C=CC21. The van der Waals surface area contributed by atoms with Gasteiger partial charge in [0.1, 0.15) is 6.04 Å². The van der Waals surface area contributed by atoms with E-state index in [1.54, 1.807) is 13.3 Å². The number of likely N-dealkylation sites (tertiary alicyclic amines) is 1. The number of rotatable bonds is 4. The molecule has 32 heavy (non-hydrogen) atoms. The number of ketones is 1. The van der Waals surface area contributed by atoms with Crippen molar-refractivity contribution >= 4 is 40.3 Å². The zero-order valence-corrected chi connectivity index (χ0v) is 18.7. The van der Waals surface area contributed by atoms with E-state index in [0.29, 0.717) is 0 Å². The zero-order chi connectivity index (χ0) is 22.8. The second-order valence-corrected chi connectivity index (χ2v) is 9.77. The average molecular weight is 434 g/mol. The van der Waals surface area contributed by atoms with Gasteiger partial charge in [-0.15, -0.1) is 0 Å². The number of ether oxygens (including phenoxy) is 1. The van der Waals surface area contributed by atoms with Crippen molar-refractivity contribution in [2.24, 2.45) is 17.3 Å². The number of aromatic nitrogens is 1. The van der Waals surface area contributed by atoms with Gasteiger partial charge in [0.15, 0.2) is 5.78 Å². The number of carbonyl (C=O) groups is 3. The fraction of sp³-hybridized carbons (Fsp3) is 0.440. The van der Waals surface area contributed by atoms with Crippen LogP contribution in [0.25, 0.3) is 17.0 Å². The summed E-state index contributed by atoms with van der Waals surface area (Å²) in [5.74, 6) is -1.86. The lowest BCUT2D eigenvalue weighted by molar-refractivity contribution is -0.142. The molecule has 4 heterocycles. The van der Waals surface area contributed by atoms with Crippen molar-refractivity contribution in [3.05, 3.63) is 42.1 Å². The first-order chi connectivity index (χ1) is 15.3. The maximum atomic E-state index is 13.8. The molecule has 0 saturated carbocycles. The molecule has 4 unspecified atom stereocenters. The van der Waals surface area contributed by atoms with Crippen LogP contribution in [0.3, 0.4) is 0 Å². The van der Waals surface area contributed by atoms with Gasteiger partial charge in [0.05, 0.1) is 42.2 Å². The molecule has 3 aliphatic rings. The quantitative estimate of drug-likeness (QED) is 0.690. The van der Waals surface area contributed by atoms with Crippen LogP contribution in [0.2, 0.25) is 0 Å². The van der Waals surface area contributed by atoms with Gasteiger partial charge >= 0.3 is 0 Å². The van der Waals surface area contributed by atoms with Crippen LogP contribution in [-0.4, -0.2) is 59.8 Å². The van der Waals surface area contributed by atoms with E-state index in [1.165, 1.54) is 4.90 Å². The molecule has 0 aliphatic carbocycles. The number of fused-ring (bicyclic) bond motifs is 7. The molecule has 2 aromatic rings. The van der Waals surface area contributed by atoms with E-state index in [9.17, 15) is 14.4 Å². The molecule has 7 heteroatoms. The van der Waals surface area contributed by atoms with Crippen LogP contribution in [0.15, 0.2) is 36.5 Å². The largest absolute Gasteiger partial charge is 0.383 e. The maximum Gasteiger partial charge on any atom is 0.235 e. The summed E-state index contributed by atoms with van der Waals surface area (Å²) in [6.45, 7) is 6.07. The molecule has 5 rings (SSSR count). The number of hydrogen-bond donors (Lipinski definition) is 0. The molecule has 7 nitrogen and oxygen atoms in total. The second kappa shape index (κ2) is 7.24. The highest BCUT2D eigenvalue weighted by atomic mass is 16.5. The summed E-state index contributed by atoms with van der Waals surface area (Å²) in [6.07, 6.45) is 5.69. The predicted octanol–water partition coefficient (Wildman–Crippen LogP) is 2.68. The minimum absolute atomic E-state index is 0.0427. The number of methoxy groups -OCH3 is 1. The summed E-state index contributed by atoms with van der Waals surface area (Å²) >= 11 is 0. The number of anilines is 1. The molecule has 1 aromatic carbocycles. The molecule has 2 amide bonds. The number of amides is 2. The van der Waals surface area contributed by atoms with Crippen molar-refractivity contribution in [3.8, 4) is 0 Å². The Morgan fingerprint density at radius 2 is 1.88 bits per heavy atom. The standard InChI is InChI=1S/C25H27N3O4/c1-25(2,3)22(29)21-18-17(23(30)27(24(18)31)12-13-32-4)16-10-9-15-8-7-14-6-5-11-26-19(14)20(15)28(16)21/h5-11,16-18,21H,12-13H2,1-4H3. The molecule has 2 saturated heterocycles. The van der Waals surface area contributed by atoms with Gasteiger partial charge in [-0.1, -0.05) is 51.1 Å². The Kier molecular flexibility index (Phi) is 4.71. The van der Waals surface area contributed by atoms with Gasteiger partial charge in [-0.2, -0.15) is 0 Å². The zero-order valence-electron chi connectivity index (χ0n) is 18.7. The average Bonchev–Trinajstić information content (AvgIpc) is 3.23. The Hall–Kier alpha value is -3.06. The summed E-state index contributed by atoms with van der Waals surface area (Å²) < 4.78 is 5.11. The van der Waals surface area contributed by atoms with Gasteiger partial charge in [-0.25, -0.2) is 0 Å². The van der Waals surface area contributed by atoms with Gasteiger partial charge in [-0.05, 0) is 11.6 Å². The van der Waals surface area contributed by atoms with E-state index < -0.39 is 23.3 Å². The molecule has 0 radical (unpaired) electrons. The highest BCUT2D eigenvalue weighted by molar-refractivity contribution is 6.13. The second-order valence-electron chi connectivity index (χ2n) is 9.77. The molecule has 1 aromatic heterocycles. The van der Waals surface area contributed by atoms with E-state index in [0.717, 1.165) is 22.2 Å². The van der Waals surface area contributed by atoms with Crippen molar-refractivity contribution in [3.63, 3.8) is 0 Å². The van der Waals surface area contributed by atoms with Crippen LogP contribution in [0.1, 0.15) is 26.3 Å². The van der Waals surface area contributed by atoms with Gasteiger partial charge in [0.25, 0.3) is 0 Å². The number of pyridine rings is 1. The summed E-state index contributed by atoms with van der Waals surface area (Å²) in [5, 5.41) is 0.957. The molecule has 0 spiro atoms. The number of nitrogens with zero attached hydrogens (tertiary/aromatic N) is 3. The minimum atomic E-state index is -0.731. The van der Waals surface area contributed by atoms with Crippen LogP contribution in [0, 0.1) is 17.3 Å². The fourth-order valence-corrected chi connectivity index (χ4v) is 5.39. The monoisotopic (exact) mass is 433 g/mol. The van der Waals surface area contributed by atoms with E-state index in [2.05, 4.69) is 4.98 Å². The number of benzene rings is 1. The van der Waals surface area contributed by atoms with Crippen molar-refractivity contribution in [2.45, 2.75) is 32.9 Å². The molecule has 2 fully saturated rings. The van der Waals surface area contributed by atoms with Crippen molar-refractivity contribution in [1.82, 2.24) is 9.88 Å². The minimum Gasteiger partial charge on any atom is -0.383 e. The van der Waals surface area contributed by atoms with Crippen LogP contribution in [0.4, 0.5) is 5.69 Å². The third-order valence-electron chi connectivity index (χ3n) is 6.86. The highest BCUT2D eigenvalue weighted by Gasteiger charge is 2.64. The molecule has 0 bridgehead atoms. The van der Waals surface area contributed by atoms with Crippen molar-refractivity contribution in [2.75, 3.05) is 25.2 Å². The topological polar surface area (TPSA) is 79.8 Å². The van der Waals surface area contributed by atoms with Gasteiger partial charge in [0.2, 0.25) is 11.8 Å². The number of carbonyl (C=O) groups excluding carboxylic acids is 3. The van der Waals surface area contributed by atoms with Gasteiger partial charge in [0, 0.05) is 24.1 Å². The molecular formula is C25H27N3O4. The smallest absolute Gasteiger partial charge is 0.235 e. The first-order valence-electron chi connectivity index (χ1n) is 11.0. The van der Waals surface area contributed by atoms with Crippen LogP contribution >= 0.6 is 0 Å². The summed E-state index contributed by atoms with van der Waals surface area (Å²) in [6, 6.07) is 6.77. The number of hydrogen-bond acceptors (Lipinski definition) is 6.